The third kappa shape index (κ3) is 6.22. The van der Waals surface area contributed by atoms with Crippen molar-refractivity contribution >= 4 is 11.8 Å². The molecule has 1 saturated carbocycles. The number of ether oxygens (including phenoxy) is 3. The number of aromatic nitrogens is 4. The van der Waals surface area contributed by atoms with E-state index in [2.05, 4.69) is 20.7 Å². The standard InChI is InChI=1S/C27H34N6O6/c1-36-21-12-11-18(15-23(21)37-2)26-29-31-33(30-26)17-24(34)32(16-20-9-5-13-38-20)25(22-10-6-14-39-22)27(35)28-19-7-3-4-8-19/h6,10-12,14-15,19-20,25H,3-5,7-9,13,16-17H2,1-2H3,(H,28,35)/t20-,25+/m0/s1. The number of benzene rings is 1. The summed E-state index contributed by atoms with van der Waals surface area (Å²) < 4.78 is 22.2. The second kappa shape index (κ2) is 12.3. The number of methoxy groups -OCH3 is 2. The van der Waals surface area contributed by atoms with Gasteiger partial charge in [-0.2, -0.15) is 4.80 Å². The highest BCUT2D eigenvalue weighted by molar-refractivity contribution is 5.88. The molecule has 2 aromatic heterocycles. The summed E-state index contributed by atoms with van der Waals surface area (Å²) in [6, 6.07) is 7.87. The van der Waals surface area contributed by atoms with Gasteiger partial charge in [-0.25, -0.2) is 0 Å². The van der Waals surface area contributed by atoms with Gasteiger partial charge in [0.05, 0.1) is 26.6 Å². The van der Waals surface area contributed by atoms with Gasteiger partial charge in [-0.1, -0.05) is 12.8 Å². The van der Waals surface area contributed by atoms with Crippen LogP contribution in [-0.4, -0.2) is 76.4 Å². The van der Waals surface area contributed by atoms with Crippen LogP contribution in [0.5, 0.6) is 11.5 Å². The van der Waals surface area contributed by atoms with Crippen LogP contribution in [0.4, 0.5) is 0 Å². The number of nitrogens with zero attached hydrogens (tertiary/aromatic N) is 5. The van der Waals surface area contributed by atoms with Gasteiger partial charge in [-0.05, 0) is 61.2 Å². The summed E-state index contributed by atoms with van der Waals surface area (Å²) in [7, 11) is 3.11. The molecule has 1 aromatic carbocycles. The van der Waals surface area contributed by atoms with E-state index in [0.29, 0.717) is 35.3 Å². The Hall–Kier alpha value is -3.93. The highest BCUT2D eigenvalue weighted by Gasteiger charge is 2.37. The van der Waals surface area contributed by atoms with Crippen molar-refractivity contribution in [2.45, 2.75) is 63.3 Å². The summed E-state index contributed by atoms with van der Waals surface area (Å²) in [4.78, 5) is 30.1. The lowest BCUT2D eigenvalue weighted by Gasteiger charge is -2.32. The maximum Gasteiger partial charge on any atom is 0.250 e. The van der Waals surface area contributed by atoms with Crippen molar-refractivity contribution < 1.29 is 28.2 Å². The fourth-order valence-electron chi connectivity index (χ4n) is 5.19. The van der Waals surface area contributed by atoms with Crippen molar-refractivity contribution in [3.63, 3.8) is 0 Å². The van der Waals surface area contributed by atoms with Gasteiger partial charge in [0.15, 0.2) is 17.5 Å². The van der Waals surface area contributed by atoms with Crippen LogP contribution >= 0.6 is 0 Å². The van der Waals surface area contributed by atoms with E-state index in [4.69, 9.17) is 18.6 Å². The fourth-order valence-corrected chi connectivity index (χ4v) is 5.19. The lowest BCUT2D eigenvalue weighted by Crippen LogP contribution is -2.49. The molecule has 12 heteroatoms. The van der Waals surface area contributed by atoms with Crippen molar-refractivity contribution in [1.82, 2.24) is 30.4 Å². The lowest BCUT2D eigenvalue weighted by molar-refractivity contribution is -0.144. The number of amides is 2. The first kappa shape index (κ1) is 26.7. The first-order chi connectivity index (χ1) is 19.1. The molecule has 12 nitrogen and oxygen atoms in total. The average molecular weight is 539 g/mol. The molecule has 2 fully saturated rings. The highest BCUT2D eigenvalue weighted by atomic mass is 16.5. The largest absolute Gasteiger partial charge is 0.493 e. The van der Waals surface area contributed by atoms with Gasteiger partial charge in [0.2, 0.25) is 11.7 Å². The Balaban J connectivity index is 1.38. The topological polar surface area (TPSA) is 134 Å². The highest BCUT2D eigenvalue weighted by Crippen LogP contribution is 2.31. The summed E-state index contributed by atoms with van der Waals surface area (Å²) >= 11 is 0. The van der Waals surface area contributed by atoms with Crippen LogP contribution in [0.3, 0.4) is 0 Å². The van der Waals surface area contributed by atoms with Crippen molar-refractivity contribution in [1.29, 1.82) is 0 Å². The maximum atomic E-state index is 13.8. The molecule has 0 radical (unpaired) electrons. The number of tetrazole rings is 1. The molecule has 3 heterocycles. The Morgan fingerprint density at radius 1 is 1.13 bits per heavy atom. The van der Waals surface area contributed by atoms with Crippen LogP contribution in [0, 0.1) is 0 Å². The zero-order valence-corrected chi connectivity index (χ0v) is 22.2. The molecule has 2 amide bonds. The van der Waals surface area contributed by atoms with Crippen LogP contribution in [0.25, 0.3) is 11.4 Å². The molecule has 1 N–H and O–H groups in total. The van der Waals surface area contributed by atoms with Crippen molar-refractivity contribution in [3.05, 3.63) is 42.4 Å². The molecule has 39 heavy (non-hydrogen) atoms. The summed E-state index contributed by atoms with van der Waals surface area (Å²) in [6.45, 7) is 0.673. The second-order valence-electron chi connectivity index (χ2n) is 9.80. The van der Waals surface area contributed by atoms with E-state index in [-0.39, 0.29) is 37.0 Å². The molecule has 208 valence electrons. The SMILES string of the molecule is COc1ccc(-c2nnn(CC(=O)N(C[C@@H]3CCCO3)[C@@H](C(=O)NC3CCCC3)c3ccco3)n2)cc1OC. The third-order valence-electron chi connectivity index (χ3n) is 7.19. The lowest BCUT2D eigenvalue weighted by atomic mass is 10.1. The first-order valence-electron chi connectivity index (χ1n) is 13.3. The molecule has 5 rings (SSSR count). The monoisotopic (exact) mass is 538 g/mol. The van der Waals surface area contributed by atoms with E-state index in [1.165, 1.54) is 16.0 Å². The van der Waals surface area contributed by atoms with Gasteiger partial charge in [-0.3, -0.25) is 9.59 Å². The van der Waals surface area contributed by atoms with E-state index in [0.717, 1.165) is 38.5 Å². The maximum absolute atomic E-state index is 13.8. The number of nitrogens with one attached hydrogen (secondary N) is 1. The summed E-state index contributed by atoms with van der Waals surface area (Å²) in [6.07, 6.45) is 7.07. The van der Waals surface area contributed by atoms with Gasteiger partial charge in [0.1, 0.15) is 12.3 Å². The molecular formula is C27H34N6O6. The predicted molar refractivity (Wildman–Crippen MR) is 139 cm³/mol. The number of hydrogen-bond donors (Lipinski definition) is 1. The summed E-state index contributed by atoms with van der Waals surface area (Å²) in [5.41, 5.74) is 0.659. The van der Waals surface area contributed by atoms with Gasteiger partial charge in [-0.15, -0.1) is 10.2 Å². The molecular weight excluding hydrogens is 504 g/mol. The number of carbonyl (C=O) groups is 2. The van der Waals surface area contributed by atoms with Gasteiger partial charge in [0.25, 0.3) is 5.91 Å². The number of rotatable bonds is 11. The minimum Gasteiger partial charge on any atom is -0.493 e. The van der Waals surface area contributed by atoms with Gasteiger partial charge < -0.3 is 28.8 Å². The number of furan rings is 1. The van der Waals surface area contributed by atoms with Crippen LogP contribution in [-0.2, 0) is 20.9 Å². The molecule has 0 unspecified atom stereocenters. The molecule has 1 aliphatic heterocycles. The smallest absolute Gasteiger partial charge is 0.250 e. The molecule has 0 spiro atoms. The van der Waals surface area contributed by atoms with E-state index in [9.17, 15) is 9.59 Å². The third-order valence-corrected chi connectivity index (χ3v) is 7.19. The zero-order valence-electron chi connectivity index (χ0n) is 22.2. The molecule has 3 aromatic rings. The predicted octanol–water partition coefficient (Wildman–Crippen LogP) is 2.76. The van der Waals surface area contributed by atoms with E-state index >= 15 is 0 Å². The quantitative estimate of drug-likeness (QED) is 0.391. The van der Waals surface area contributed by atoms with E-state index in [1.807, 2.05) is 0 Å². The Morgan fingerprint density at radius 3 is 2.64 bits per heavy atom. The Labute approximate surface area is 226 Å². The Bertz CT molecular complexity index is 1250. The van der Waals surface area contributed by atoms with Crippen molar-refractivity contribution in [3.8, 4) is 22.9 Å². The van der Waals surface area contributed by atoms with Gasteiger partial charge in [0, 0.05) is 24.8 Å². The van der Waals surface area contributed by atoms with Gasteiger partial charge >= 0.3 is 0 Å². The molecule has 1 saturated heterocycles. The number of hydrogen-bond acceptors (Lipinski definition) is 9. The van der Waals surface area contributed by atoms with E-state index < -0.39 is 6.04 Å². The average Bonchev–Trinajstić information content (AvgIpc) is 3.77. The zero-order chi connectivity index (χ0) is 27.2. The minimum absolute atomic E-state index is 0.0932. The fraction of sp³-hybridized carbons (Fsp3) is 0.519. The van der Waals surface area contributed by atoms with Crippen LogP contribution < -0.4 is 14.8 Å². The summed E-state index contributed by atoms with van der Waals surface area (Å²) in [5.74, 6) is 1.23. The molecule has 1 aliphatic carbocycles. The summed E-state index contributed by atoms with van der Waals surface area (Å²) in [5, 5.41) is 15.8. The second-order valence-corrected chi connectivity index (χ2v) is 9.80. The normalized spacial score (nSPS) is 18.2. The Kier molecular flexibility index (Phi) is 8.40. The minimum atomic E-state index is -0.939. The van der Waals surface area contributed by atoms with Crippen LogP contribution in [0.1, 0.15) is 50.3 Å². The Morgan fingerprint density at radius 2 is 1.95 bits per heavy atom. The van der Waals surface area contributed by atoms with Crippen LogP contribution in [0.15, 0.2) is 41.0 Å². The molecule has 2 atom stereocenters. The molecule has 0 bridgehead atoms. The first-order valence-corrected chi connectivity index (χ1v) is 13.3. The van der Waals surface area contributed by atoms with Crippen molar-refractivity contribution in [2.75, 3.05) is 27.4 Å². The molecule has 2 aliphatic rings. The van der Waals surface area contributed by atoms with E-state index in [1.54, 1.807) is 44.6 Å². The van der Waals surface area contributed by atoms with Crippen molar-refractivity contribution in [2.24, 2.45) is 0 Å². The van der Waals surface area contributed by atoms with Crippen LogP contribution in [0.2, 0.25) is 0 Å². The number of carbonyl (C=O) groups excluding carboxylic acids is 2.